The van der Waals surface area contributed by atoms with Crippen LogP contribution in [0, 0.1) is 6.92 Å². The molecule has 2 aliphatic rings. The van der Waals surface area contributed by atoms with E-state index in [1.54, 1.807) is 6.07 Å². The largest absolute Gasteiger partial charge is 0.381 e. The Morgan fingerprint density at radius 3 is 2.77 bits per heavy atom. The van der Waals surface area contributed by atoms with Gasteiger partial charge in [0.05, 0.1) is 5.69 Å². The molecule has 7 heteroatoms. The number of carbonyl (C=O) groups excluding carboxylic acids is 1. The zero-order valence-electron chi connectivity index (χ0n) is 14.7. The van der Waals surface area contributed by atoms with Crippen LogP contribution in [0.5, 0.6) is 0 Å². The Morgan fingerprint density at radius 2 is 2.04 bits per heavy atom. The van der Waals surface area contributed by atoms with Gasteiger partial charge in [0.1, 0.15) is 0 Å². The molecule has 6 nitrogen and oxygen atoms in total. The first-order valence-electron chi connectivity index (χ1n) is 8.87. The van der Waals surface area contributed by atoms with Crippen LogP contribution in [0.3, 0.4) is 0 Å². The summed E-state index contributed by atoms with van der Waals surface area (Å²) in [6.45, 7) is 3.52. The van der Waals surface area contributed by atoms with Crippen LogP contribution < -0.4 is 10.6 Å². The molecule has 0 radical (unpaired) electrons. The molecule has 2 atom stereocenters. The smallest absolute Gasteiger partial charge is 0.258 e. The second kappa shape index (κ2) is 8.20. The van der Waals surface area contributed by atoms with E-state index in [0.717, 1.165) is 38.2 Å². The molecule has 2 fully saturated rings. The number of hydrogen-bond donors (Lipinski definition) is 2. The molecule has 2 aromatic rings. The van der Waals surface area contributed by atoms with E-state index in [-0.39, 0.29) is 18.3 Å². The lowest BCUT2D eigenvalue weighted by Gasteiger charge is -2.23. The van der Waals surface area contributed by atoms with E-state index < -0.39 is 0 Å². The van der Waals surface area contributed by atoms with Gasteiger partial charge in [0.2, 0.25) is 5.88 Å². The maximum Gasteiger partial charge on any atom is 0.258 e. The summed E-state index contributed by atoms with van der Waals surface area (Å²) in [6, 6.07) is 10.6. The fourth-order valence-corrected chi connectivity index (χ4v) is 3.43. The molecule has 1 aromatic carbocycles. The number of halogens is 1. The van der Waals surface area contributed by atoms with E-state index in [1.165, 1.54) is 5.56 Å². The number of amides is 1. The standard InChI is InChI=1S/C19H23N3O3.ClH/c1-12-9-18(25-22-12)21-19(23)14-4-2-3-13(10-14)16-11-17(16)20-15-5-7-24-8-6-15;/h2-4,9-10,15-17,20H,5-8,11H2,1H3,(H,21,23);1H. The van der Waals surface area contributed by atoms with Gasteiger partial charge >= 0.3 is 0 Å². The van der Waals surface area contributed by atoms with Gasteiger partial charge in [0.15, 0.2) is 0 Å². The SMILES string of the molecule is Cc1cc(NC(=O)c2cccc(C3CC3NC3CCOCC3)c2)on1.Cl. The summed E-state index contributed by atoms with van der Waals surface area (Å²) in [5.74, 6) is 0.689. The molecule has 1 aliphatic heterocycles. The molecule has 2 unspecified atom stereocenters. The van der Waals surface area contributed by atoms with Crippen LogP contribution in [-0.4, -0.2) is 36.4 Å². The minimum absolute atomic E-state index is 0. The van der Waals surface area contributed by atoms with E-state index in [9.17, 15) is 4.79 Å². The number of carbonyl (C=O) groups is 1. The lowest BCUT2D eigenvalue weighted by Crippen LogP contribution is -2.36. The lowest BCUT2D eigenvalue weighted by atomic mass is 10.1. The van der Waals surface area contributed by atoms with E-state index in [1.807, 2.05) is 25.1 Å². The number of aromatic nitrogens is 1. The number of nitrogens with one attached hydrogen (secondary N) is 2. The third-order valence-electron chi connectivity index (χ3n) is 4.90. The van der Waals surface area contributed by atoms with Gasteiger partial charge in [0, 0.05) is 42.8 Å². The first-order chi connectivity index (χ1) is 12.2. The summed E-state index contributed by atoms with van der Waals surface area (Å²) < 4.78 is 10.5. The molecule has 1 amide bonds. The Labute approximate surface area is 159 Å². The van der Waals surface area contributed by atoms with Crippen molar-refractivity contribution in [2.24, 2.45) is 0 Å². The van der Waals surface area contributed by atoms with Crippen LogP contribution in [-0.2, 0) is 4.74 Å². The summed E-state index contributed by atoms with van der Waals surface area (Å²) >= 11 is 0. The van der Waals surface area contributed by atoms with Crippen LogP contribution in [0.25, 0.3) is 0 Å². The van der Waals surface area contributed by atoms with E-state index in [0.29, 0.717) is 29.4 Å². The molecular formula is C19H24ClN3O3. The van der Waals surface area contributed by atoms with Gasteiger partial charge in [-0.15, -0.1) is 12.4 Å². The molecule has 1 saturated heterocycles. The third kappa shape index (κ3) is 4.44. The Kier molecular flexibility index (Phi) is 5.96. The second-order valence-corrected chi connectivity index (χ2v) is 6.91. The van der Waals surface area contributed by atoms with Crippen LogP contribution in [0.1, 0.15) is 46.8 Å². The predicted octanol–water partition coefficient (Wildman–Crippen LogP) is 3.28. The first-order valence-corrected chi connectivity index (χ1v) is 8.87. The molecule has 2 heterocycles. The molecule has 140 valence electrons. The highest BCUT2D eigenvalue weighted by Crippen LogP contribution is 2.41. The molecule has 26 heavy (non-hydrogen) atoms. The molecule has 4 rings (SSSR count). The monoisotopic (exact) mass is 377 g/mol. The van der Waals surface area contributed by atoms with Gasteiger partial charge in [-0.25, -0.2) is 0 Å². The Bertz CT molecular complexity index is 758. The molecule has 0 spiro atoms. The number of nitrogens with zero attached hydrogens (tertiary/aromatic N) is 1. The van der Waals surface area contributed by atoms with Crippen LogP contribution in [0.2, 0.25) is 0 Å². The predicted molar refractivity (Wildman–Crippen MR) is 101 cm³/mol. The van der Waals surface area contributed by atoms with Gasteiger partial charge in [0.25, 0.3) is 5.91 Å². The number of ether oxygens (including phenoxy) is 1. The Morgan fingerprint density at radius 1 is 1.23 bits per heavy atom. The fraction of sp³-hybridized carbons (Fsp3) is 0.474. The van der Waals surface area contributed by atoms with Crippen molar-refractivity contribution in [1.29, 1.82) is 0 Å². The minimum atomic E-state index is -0.174. The molecule has 2 N–H and O–H groups in total. The van der Waals surface area contributed by atoms with Crippen molar-refractivity contribution in [3.63, 3.8) is 0 Å². The highest BCUT2D eigenvalue weighted by molar-refractivity contribution is 6.03. The molecule has 1 aliphatic carbocycles. The van der Waals surface area contributed by atoms with Crippen molar-refractivity contribution < 1.29 is 14.1 Å². The van der Waals surface area contributed by atoms with Crippen LogP contribution in [0.15, 0.2) is 34.9 Å². The van der Waals surface area contributed by atoms with Crippen LogP contribution in [0.4, 0.5) is 5.88 Å². The average Bonchev–Trinajstić information content (AvgIpc) is 3.28. The van der Waals surface area contributed by atoms with Crippen molar-refractivity contribution >= 4 is 24.2 Å². The summed E-state index contributed by atoms with van der Waals surface area (Å²) in [5, 5.41) is 10.3. The summed E-state index contributed by atoms with van der Waals surface area (Å²) in [7, 11) is 0. The van der Waals surface area contributed by atoms with Gasteiger partial charge in [-0.1, -0.05) is 17.3 Å². The van der Waals surface area contributed by atoms with E-state index in [2.05, 4.69) is 21.9 Å². The lowest BCUT2D eigenvalue weighted by molar-refractivity contribution is 0.0774. The normalized spacial score (nSPS) is 22.5. The fourth-order valence-electron chi connectivity index (χ4n) is 3.43. The number of aryl methyl sites for hydroxylation is 1. The number of anilines is 1. The Hall–Kier alpha value is -1.89. The number of rotatable bonds is 5. The highest BCUT2D eigenvalue weighted by Gasteiger charge is 2.39. The molecule has 0 bridgehead atoms. The molecule has 1 saturated carbocycles. The van der Waals surface area contributed by atoms with Crippen molar-refractivity contribution in [2.75, 3.05) is 18.5 Å². The topological polar surface area (TPSA) is 76.4 Å². The molecule has 1 aromatic heterocycles. The maximum atomic E-state index is 12.4. The van der Waals surface area contributed by atoms with Gasteiger partial charge in [-0.2, -0.15) is 0 Å². The molecular weight excluding hydrogens is 354 g/mol. The van der Waals surface area contributed by atoms with Crippen molar-refractivity contribution in [1.82, 2.24) is 10.5 Å². The van der Waals surface area contributed by atoms with E-state index in [4.69, 9.17) is 9.26 Å². The van der Waals surface area contributed by atoms with Gasteiger partial charge < -0.3 is 14.6 Å². The summed E-state index contributed by atoms with van der Waals surface area (Å²) in [4.78, 5) is 12.4. The number of benzene rings is 1. The summed E-state index contributed by atoms with van der Waals surface area (Å²) in [5.41, 5.74) is 2.60. The van der Waals surface area contributed by atoms with Crippen molar-refractivity contribution in [2.45, 2.75) is 44.2 Å². The van der Waals surface area contributed by atoms with Gasteiger partial charge in [-0.3, -0.25) is 10.1 Å². The maximum absolute atomic E-state index is 12.4. The first kappa shape index (κ1) is 18.9. The van der Waals surface area contributed by atoms with E-state index >= 15 is 0 Å². The Balaban J connectivity index is 0.00000196. The highest BCUT2D eigenvalue weighted by atomic mass is 35.5. The second-order valence-electron chi connectivity index (χ2n) is 6.91. The van der Waals surface area contributed by atoms with Gasteiger partial charge in [-0.05, 0) is 43.9 Å². The third-order valence-corrected chi connectivity index (χ3v) is 4.90. The average molecular weight is 378 g/mol. The van der Waals surface area contributed by atoms with Crippen molar-refractivity contribution in [3.05, 3.63) is 47.2 Å². The number of hydrogen-bond acceptors (Lipinski definition) is 5. The quantitative estimate of drug-likeness (QED) is 0.836. The minimum Gasteiger partial charge on any atom is -0.381 e. The zero-order chi connectivity index (χ0) is 17.2. The van der Waals surface area contributed by atoms with Crippen LogP contribution >= 0.6 is 12.4 Å². The van der Waals surface area contributed by atoms with Crippen molar-refractivity contribution in [3.8, 4) is 0 Å². The summed E-state index contributed by atoms with van der Waals surface area (Å²) in [6.07, 6.45) is 3.30. The zero-order valence-corrected chi connectivity index (χ0v) is 15.6.